The number of para-hydroxylation sites is 1. The van der Waals surface area contributed by atoms with Gasteiger partial charge in [0, 0.05) is 6.54 Å². The molecule has 7 heteroatoms. The Morgan fingerprint density at radius 1 is 1.25 bits per heavy atom. The fraction of sp³-hybridized carbons (Fsp3) is 0.529. The SMILES string of the molecule is Cl.NC1(C(=O)NC2CCN(c3ccccc3Cl)C2=O)CCCCC1. The second kappa shape index (κ2) is 7.72. The van der Waals surface area contributed by atoms with Crippen molar-refractivity contribution in [3.8, 4) is 0 Å². The van der Waals surface area contributed by atoms with Crippen LogP contribution in [-0.2, 0) is 9.59 Å². The third-order valence-corrected chi connectivity index (χ3v) is 5.17. The number of hydrogen-bond donors (Lipinski definition) is 2. The molecule has 2 aliphatic rings. The summed E-state index contributed by atoms with van der Waals surface area (Å²) in [4.78, 5) is 26.7. The topological polar surface area (TPSA) is 75.4 Å². The first kappa shape index (κ1) is 19.0. The van der Waals surface area contributed by atoms with E-state index in [1.165, 1.54) is 0 Å². The molecule has 0 bridgehead atoms. The molecule has 1 saturated carbocycles. The Morgan fingerprint density at radius 2 is 1.92 bits per heavy atom. The molecule has 2 amide bonds. The fourth-order valence-corrected chi connectivity index (χ4v) is 3.67. The van der Waals surface area contributed by atoms with Gasteiger partial charge in [0.25, 0.3) is 0 Å². The normalized spacial score (nSPS) is 22.8. The van der Waals surface area contributed by atoms with Gasteiger partial charge in [0.05, 0.1) is 16.2 Å². The standard InChI is InChI=1S/C17H22ClN3O2.ClH/c18-12-6-2-3-7-14(12)21-11-8-13(15(21)22)20-16(23)17(19)9-4-1-5-10-17;/h2-3,6-7,13H,1,4-5,8-11,19H2,(H,20,23);1H. The number of hydrogen-bond acceptors (Lipinski definition) is 3. The molecule has 1 aliphatic carbocycles. The number of benzene rings is 1. The molecule has 0 spiro atoms. The average molecular weight is 372 g/mol. The van der Waals surface area contributed by atoms with Gasteiger partial charge in [-0.15, -0.1) is 12.4 Å². The van der Waals surface area contributed by atoms with Gasteiger partial charge in [0.15, 0.2) is 0 Å². The highest BCUT2D eigenvalue weighted by Crippen LogP contribution is 2.30. The molecule has 1 aromatic carbocycles. The highest BCUT2D eigenvalue weighted by Gasteiger charge is 2.40. The monoisotopic (exact) mass is 371 g/mol. The van der Waals surface area contributed by atoms with Crippen molar-refractivity contribution in [2.45, 2.75) is 50.1 Å². The second-order valence-electron chi connectivity index (χ2n) is 6.47. The first-order chi connectivity index (χ1) is 11.0. The van der Waals surface area contributed by atoms with Gasteiger partial charge in [-0.1, -0.05) is 43.0 Å². The second-order valence-corrected chi connectivity index (χ2v) is 6.88. The van der Waals surface area contributed by atoms with E-state index in [0.717, 1.165) is 19.3 Å². The zero-order valence-electron chi connectivity index (χ0n) is 13.5. The number of anilines is 1. The number of nitrogens with two attached hydrogens (primary N) is 1. The maximum atomic E-state index is 12.6. The van der Waals surface area contributed by atoms with Crippen molar-refractivity contribution >= 4 is 41.5 Å². The Morgan fingerprint density at radius 3 is 2.58 bits per heavy atom. The van der Waals surface area contributed by atoms with Gasteiger partial charge in [-0.2, -0.15) is 0 Å². The van der Waals surface area contributed by atoms with E-state index in [0.29, 0.717) is 36.5 Å². The molecule has 0 aromatic heterocycles. The minimum atomic E-state index is -0.823. The number of carbonyl (C=O) groups is 2. The number of amides is 2. The highest BCUT2D eigenvalue weighted by atomic mass is 35.5. The van der Waals surface area contributed by atoms with Crippen molar-refractivity contribution in [1.29, 1.82) is 0 Å². The quantitative estimate of drug-likeness (QED) is 0.857. The Balaban J connectivity index is 0.00000208. The smallest absolute Gasteiger partial charge is 0.249 e. The Labute approximate surface area is 153 Å². The molecule has 1 saturated heterocycles. The van der Waals surface area contributed by atoms with Crippen LogP contribution in [0, 0.1) is 0 Å². The van der Waals surface area contributed by atoms with Gasteiger partial charge in [0.1, 0.15) is 6.04 Å². The zero-order chi connectivity index (χ0) is 16.4. The van der Waals surface area contributed by atoms with Crippen LogP contribution >= 0.6 is 24.0 Å². The van der Waals surface area contributed by atoms with E-state index in [2.05, 4.69) is 5.32 Å². The average Bonchev–Trinajstić information content (AvgIpc) is 2.89. The Hall–Kier alpha value is -1.30. The van der Waals surface area contributed by atoms with E-state index in [4.69, 9.17) is 17.3 Å². The van der Waals surface area contributed by atoms with Crippen LogP contribution in [0.15, 0.2) is 24.3 Å². The van der Waals surface area contributed by atoms with Gasteiger partial charge < -0.3 is 16.0 Å². The molecule has 1 aliphatic heterocycles. The van der Waals surface area contributed by atoms with E-state index >= 15 is 0 Å². The molecule has 2 fully saturated rings. The van der Waals surface area contributed by atoms with Crippen LogP contribution in [0.2, 0.25) is 5.02 Å². The first-order valence-electron chi connectivity index (χ1n) is 8.17. The minimum Gasteiger partial charge on any atom is -0.343 e. The number of nitrogens with zero attached hydrogens (tertiary/aromatic N) is 1. The number of carbonyl (C=O) groups excluding carboxylic acids is 2. The number of nitrogens with one attached hydrogen (secondary N) is 1. The van der Waals surface area contributed by atoms with Crippen LogP contribution in [-0.4, -0.2) is 29.9 Å². The van der Waals surface area contributed by atoms with E-state index in [1.54, 1.807) is 11.0 Å². The van der Waals surface area contributed by atoms with Crippen molar-refractivity contribution in [3.63, 3.8) is 0 Å². The van der Waals surface area contributed by atoms with Gasteiger partial charge in [-0.25, -0.2) is 0 Å². The largest absolute Gasteiger partial charge is 0.343 e. The molecule has 3 N–H and O–H groups in total. The molecular formula is C17H23Cl2N3O2. The van der Waals surface area contributed by atoms with E-state index in [1.807, 2.05) is 18.2 Å². The van der Waals surface area contributed by atoms with Crippen molar-refractivity contribution in [3.05, 3.63) is 29.3 Å². The summed E-state index contributed by atoms with van der Waals surface area (Å²) in [6.45, 7) is 0.547. The van der Waals surface area contributed by atoms with E-state index < -0.39 is 11.6 Å². The van der Waals surface area contributed by atoms with Gasteiger partial charge in [-0.3, -0.25) is 9.59 Å². The minimum absolute atomic E-state index is 0. The van der Waals surface area contributed by atoms with Crippen molar-refractivity contribution in [1.82, 2.24) is 5.32 Å². The van der Waals surface area contributed by atoms with Crippen LogP contribution in [0.25, 0.3) is 0 Å². The molecule has 24 heavy (non-hydrogen) atoms. The predicted octanol–water partition coefficient (Wildman–Crippen LogP) is 2.64. The molecule has 132 valence electrons. The molecule has 0 radical (unpaired) electrons. The summed E-state index contributed by atoms with van der Waals surface area (Å²) in [5.74, 6) is -0.317. The Kier molecular flexibility index (Phi) is 6.12. The van der Waals surface area contributed by atoms with Crippen LogP contribution in [0.5, 0.6) is 0 Å². The summed E-state index contributed by atoms with van der Waals surface area (Å²) in [6.07, 6.45) is 5.01. The maximum absolute atomic E-state index is 12.6. The molecule has 1 aromatic rings. The molecule has 1 unspecified atom stereocenters. The number of halogens is 2. The van der Waals surface area contributed by atoms with E-state index in [-0.39, 0.29) is 24.2 Å². The van der Waals surface area contributed by atoms with Crippen LogP contribution in [0.4, 0.5) is 5.69 Å². The van der Waals surface area contributed by atoms with Crippen LogP contribution < -0.4 is 16.0 Å². The van der Waals surface area contributed by atoms with Crippen molar-refractivity contribution < 1.29 is 9.59 Å². The predicted molar refractivity (Wildman–Crippen MR) is 97.6 cm³/mol. The van der Waals surface area contributed by atoms with Crippen LogP contribution in [0.1, 0.15) is 38.5 Å². The highest BCUT2D eigenvalue weighted by molar-refractivity contribution is 6.34. The van der Waals surface area contributed by atoms with Crippen molar-refractivity contribution in [2.75, 3.05) is 11.4 Å². The van der Waals surface area contributed by atoms with E-state index in [9.17, 15) is 9.59 Å². The first-order valence-corrected chi connectivity index (χ1v) is 8.55. The summed E-state index contributed by atoms with van der Waals surface area (Å²) in [6, 6.07) is 6.73. The Bertz CT molecular complexity index is 618. The lowest BCUT2D eigenvalue weighted by Gasteiger charge is -2.32. The third kappa shape index (κ3) is 3.68. The van der Waals surface area contributed by atoms with Crippen molar-refractivity contribution in [2.24, 2.45) is 5.73 Å². The summed E-state index contributed by atoms with van der Waals surface area (Å²) >= 11 is 6.17. The molecule has 5 nitrogen and oxygen atoms in total. The van der Waals surface area contributed by atoms with Gasteiger partial charge in [0.2, 0.25) is 11.8 Å². The molecule has 1 heterocycles. The fourth-order valence-electron chi connectivity index (χ4n) is 3.44. The lowest BCUT2D eigenvalue weighted by molar-refractivity contribution is -0.131. The summed E-state index contributed by atoms with van der Waals surface area (Å²) < 4.78 is 0. The number of rotatable bonds is 3. The lowest BCUT2D eigenvalue weighted by atomic mass is 9.81. The lowest BCUT2D eigenvalue weighted by Crippen LogP contribution is -2.58. The van der Waals surface area contributed by atoms with Crippen LogP contribution in [0.3, 0.4) is 0 Å². The summed E-state index contributed by atoms with van der Waals surface area (Å²) in [5.41, 5.74) is 6.11. The summed E-state index contributed by atoms with van der Waals surface area (Å²) in [7, 11) is 0. The third-order valence-electron chi connectivity index (χ3n) is 4.85. The summed E-state index contributed by atoms with van der Waals surface area (Å²) in [5, 5.41) is 3.40. The zero-order valence-corrected chi connectivity index (χ0v) is 15.0. The maximum Gasteiger partial charge on any atom is 0.249 e. The molecular weight excluding hydrogens is 349 g/mol. The van der Waals surface area contributed by atoms with Gasteiger partial charge in [-0.05, 0) is 31.4 Å². The molecule has 1 atom stereocenters. The van der Waals surface area contributed by atoms with Gasteiger partial charge >= 0.3 is 0 Å². The molecule has 3 rings (SSSR count).